The molecule has 0 saturated carbocycles. The summed E-state index contributed by atoms with van der Waals surface area (Å²) in [5.41, 5.74) is 4.47. The summed E-state index contributed by atoms with van der Waals surface area (Å²) in [7, 11) is 0. The molecule has 0 aliphatic carbocycles. The zero-order valence-electron chi connectivity index (χ0n) is 16.6. The Morgan fingerprint density at radius 3 is 2.50 bits per heavy atom. The normalized spacial score (nSPS) is 21.0. The molecule has 7 heteroatoms. The quantitative estimate of drug-likeness (QED) is 0.253. The van der Waals surface area contributed by atoms with Crippen LogP contribution in [-0.4, -0.2) is 29.6 Å². The van der Waals surface area contributed by atoms with Crippen LogP contribution in [0.3, 0.4) is 0 Å². The lowest BCUT2D eigenvalue weighted by molar-refractivity contribution is -0.128. The molecule has 154 valence electrons. The van der Waals surface area contributed by atoms with Gasteiger partial charge in [-0.25, -0.2) is 0 Å². The molecule has 1 fully saturated rings. The maximum absolute atomic E-state index is 11.1. The van der Waals surface area contributed by atoms with Gasteiger partial charge in [-0.3, -0.25) is 4.79 Å². The van der Waals surface area contributed by atoms with Crippen molar-refractivity contribution in [2.75, 3.05) is 6.54 Å². The largest absolute Gasteiger partial charge is 0.368 e. The third-order valence-corrected chi connectivity index (χ3v) is 6.54. The first-order valence-electron chi connectivity index (χ1n) is 9.82. The van der Waals surface area contributed by atoms with E-state index in [4.69, 9.17) is 4.52 Å². The van der Waals surface area contributed by atoms with Gasteiger partial charge in [-0.05, 0) is 57.8 Å². The monoisotopic (exact) mass is 531 g/mol. The molecule has 1 saturated heterocycles. The number of nitrogens with zero attached hydrogens (tertiary/aromatic N) is 1. The van der Waals surface area contributed by atoms with E-state index in [0.717, 1.165) is 22.3 Å². The molecule has 0 spiro atoms. The predicted molar refractivity (Wildman–Crippen MR) is 130 cm³/mol. The van der Waals surface area contributed by atoms with Gasteiger partial charge in [-0.1, -0.05) is 48.2 Å². The molecule has 5 nitrogen and oxygen atoms in total. The van der Waals surface area contributed by atoms with Crippen LogP contribution in [0.25, 0.3) is 11.1 Å². The fourth-order valence-electron chi connectivity index (χ4n) is 3.56. The third kappa shape index (κ3) is 4.97. The lowest BCUT2D eigenvalue weighted by Gasteiger charge is -2.28. The fourth-order valence-corrected chi connectivity index (χ4v) is 5.04. The van der Waals surface area contributed by atoms with Crippen LogP contribution in [0.2, 0.25) is 0 Å². The summed E-state index contributed by atoms with van der Waals surface area (Å²) in [6, 6.07) is 16.9. The van der Waals surface area contributed by atoms with Gasteiger partial charge in [0.15, 0.2) is 0 Å². The summed E-state index contributed by atoms with van der Waals surface area (Å²) < 4.78 is 5.71. The molecule has 4 unspecified atom stereocenters. The minimum Gasteiger partial charge on any atom is -0.368 e. The Labute approximate surface area is 192 Å². The van der Waals surface area contributed by atoms with E-state index in [1.807, 2.05) is 12.4 Å². The van der Waals surface area contributed by atoms with Crippen molar-refractivity contribution in [2.45, 2.75) is 31.7 Å². The zero-order chi connectivity index (χ0) is 20.9. The highest BCUT2D eigenvalue weighted by Gasteiger charge is 2.26. The SMILES string of the molecule is CC(OPI)C1NC=CN1CC#Cc1ccc(-c2ccc(C3CC(=O)N3)cc2)cc1. The standard InChI is InChI=1S/C23H23IN3O2P/c1-16(29-30-24)23-25-12-14-27(23)13-2-3-17-4-6-18(7-5-17)19-8-10-20(11-9-19)21-15-22(28)26-21/h4-12,14,16,21,23,25,30H,13,15H2,1H3,(H,26,28). The molecule has 2 N–H and O–H groups in total. The molecule has 2 aromatic rings. The second-order valence-electron chi connectivity index (χ2n) is 7.33. The topological polar surface area (TPSA) is 53.6 Å². The van der Waals surface area contributed by atoms with Crippen LogP contribution in [0.15, 0.2) is 60.9 Å². The molecule has 2 aliphatic heterocycles. The van der Waals surface area contributed by atoms with Crippen molar-refractivity contribution in [3.05, 3.63) is 72.1 Å². The van der Waals surface area contributed by atoms with E-state index in [2.05, 4.69) is 105 Å². The molecule has 0 radical (unpaired) electrons. The van der Waals surface area contributed by atoms with E-state index in [1.54, 1.807) is 0 Å². The van der Waals surface area contributed by atoms with E-state index in [1.165, 1.54) is 0 Å². The van der Waals surface area contributed by atoms with Crippen molar-refractivity contribution in [1.82, 2.24) is 15.5 Å². The molecule has 0 aromatic heterocycles. The van der Waals surface area contributed by atoms with Gasteiger partial charge in [-0.2, -0.15) is 0 Å². The number of halogens is 1. The Morgan fingerprint density at radius 1 is 1.20 bits per heavy atom. The first kappa shape index (κ1) is 21.2. The number of amides is 1. The lowest BCUT2D eigenvalue weighted by Crippen LogP contribution is -2.44. The number of carbonyl (C=O) groups excluding carboxylic acids is 1. The number of nitrogens with one attached hydrogen (secondary N) is 2. The number of rotatable bonds is 6. The van der Waals surface area contributed by atoms with Crippen LogP contribution in [0.5, 0.6) is 0 Å². The predicted octanol–water partition coefficient (Wildman–Crippen LogP) is 4.32. The summed E-state index contributed by atoms with van der Waals surface area (Å²) in [5.74, 6) is 6.63. The first-order valence-corrected chi connectivity index (χ1v) is 13.8. The summed E-state index contributed by atoms with van der Waals surface area (Å²) in [6.45, 7) is 3.16. The van der Waals surface area contributed by atoms with Crippen LogP contribution in [0.1, 0.15) is 30.5 Å². The van der Waals surface area contributed by atoms with Crippen molar-refractivity contribution in [1.29, 1.82) is 0 Å². The van der Waals surface area contributed by atoms with Gasteiger partial charge in [0.1, 0.15) is 6.17 Å². The van der Waals surface area contributed by atoms with E-state index >= 15 is 0 Å². The second kappa shape index (κ2) is 9.82. The first-order chi connectivity index (χ1) is 14.6. The van der Waals surface area contributed by atoms with Crippen LogP contribution >= 0.6 is 28.5 Å². The minimum atomic E-state index is 0.100. The van der Waals surface area contributed by atoms with Gasteiger partial charge in [0, 0.05) is 18.0 Å². The van der Waals surface area contributed by atoms with Gasteiger partial charge in [-0.15, -0.1) is 0 Å². The van der Waals surface area contributed by atoms with Crippen molar-refractivity contribution < 1.29 is 9.32 Å². The molecule has 2 aliphatic rings. The summed E-state index contributed by atoms with van der Waals surface area (Å²) in [6.07, 6.45) is 4.78. The molecule has 2 heterocycles. The summed E-state index contributed by atoms with van der Waals surface area (Å²) in [4.78, 5) is 13.3. The van der Waals surface area contributed by atoms with Crippen molar-refractivity contribution in [3.8, 4) is 23.0 Å². The molecular formula is C23H23IN3O2P. The van der Waals surface area contributed by atoms with Crippen molar-refractivity contribution in [2.24, 2.45) is 0 Å². The maximum atomic E-state index is 11.1. The number of benzene rings is 2. The third-order valence-electron chi connectivity index (χ3n) is 5.32. The molecule has 0 bridgehead atoms. The van der Waals surface area contributed by atoms with Crippen LogP contribution < -0.4 is 10.6 Å². The number of hydrogen-bond donors (Lipinski definition) is 2. The second-order valence-corrected chi connectivity index (χ2v) is 9.04. The van der Waals surface area contributed by atoms with Gasteiger partial charge < -0.3 is 20.1 Å². The van der Waals surface area contributed by atoms with E-state index < -0.39 is 0 Å². The molecule has 4 rings (SSSR count). The smallest absolute Gasteiger partial charge is 0.222 e. The van der Waals surface area contributed by atoms with Crippen LogP contribution in [0, 0.1) is 11.8 Å². The molecule has 1 amide bonds. The van der Waals surface area contributed by atoms with Crippen molar-refractivity contribution in [3.63, 3.8) is 0 Å². The Bertz CT molecular complexity index is 974. The van der Waals surface area contributed by atoms with Crippen LogP contribution in [0.4, 0.5) is 0 Å². The van der Waals surface area contributed by atoms with E-state index in [-0.39, 0.29) is 24.2 Å². The van der Waals surface area contributed by atoms with Gasteiger partial charge in [0.2, 0.25) is 5.91 Å². The molecule has 30 heavy (non-hydrogen) atoms. The minimum absolute atomic E-state index is 0.100. The highest BCUT2D eigenvalue weighted by molar-refractivity contribution is 14.2. The summed E-state index contributed by atoms with van der Waals surface area (Å²) in [5, 5.41) is 6.23. The Hall–Kier alpha value is -2.07. The fraction of sp³-hybridized carbons (Fsp3) is 0.261. The van der Waals surface area contributed by atoms with E-state index in [9.17, 15) is 4.79 Å². The van der Waals surface area contributed by atoms with Crippen LogP contribution in [-0.2, 0) is 9.32 Å². The van der Waals surface area contributed by atoms with Gasteiger partial charge in [0.25, 0.3) is 0 Å². The van der Waals surface area contributed by atoms with E-state index in [0.29, 0.717) is 19.4 Å². The maximum Gasteiger partial charge on any atom is 0.222 e. The Balaban J connectivity index is 1.35. The lowest BCUT2D eigenvalue weighted by atomic mass is 9.95. The van der Waals surface area contributed by atoms with Gasteiger partial charge in [0.05, 0.1) is 31.6 Å². The summed E-state index contributed by atoms with van der Waals surface area (Å²) >= 11 is 2.24. The molecule has 4 atom stereocenters. The van der Waals surface area contributed by atoms with Gasteiger partial charge >= 0.3 is 0 Å². The average Bonchev–Trinajstić information content (AvgIpc) is 3.21. The number of β-lactam (4-membered cyclic amide) rings is 1. The molecular weight excluding hydrogens is 508 g/mol. The highest BCUT2D eigenvalue weighted by atomic mass is 127. The molecule has 2 aromatic carbocycles. The van der Waals surface area contributed by atoms with Crippen molar-refractivity contribution >= 4 is 34.4 Å². The number of carbonyl (C=O) groups is 1. The Morgan fingerprint density at radius 2 is 1.87 bits per heavy atom. The zero-order valence-corrected chi connectivity index (χ0v) is 19.7. The Kier molecular flexibility index (Phi) is 6.93. The highest BCUT2D eigenvalue weighted by Crippen LogP contribution is 2.28. The average molecular weight is 531 g/mol. The number of hydrogen-bond acceptors (Lipinski definition) is 4.